The van der Waals surface area contributed by atoms with Crippen LogP contribution in [0.1, 0.15) is 34.7 Å². The van der Waals surface area contributed by atoms with E-state index in [2.05, 4.69) is 42.2 Å². The molecular formula is C25H13ClN8O2. The molecule has 4 aromatic heterocycles. The Labute approximate surface area is 209 Å². The molecule has 0 aliphatic heterocycles. The second-order valence-corrected chi connectivity index (χ2v) is 7.73. The Morgan fingerprint density at radius 1 is 1.03 bits per heavy atom. The number of rotatable bonds is 4. The van der Waals surface area contributed by atoms with E-state index in [1.54, 1.807) is 41.0 Å². The van der Waals surface area contributed by atoms with Gasteiger partial charge in [-0.05, 0) is 49.2 Å². The van der Waals surface area contributed by atoms with Gasteiger partial charge in [0.1, 0.15) is 17.5 Å². The summed E-state index contributed by atoms with van der Waals surface area (Å²) in [7, 11) is 0. The lowest BCUT2D eigenvalue weighted by Crippen LogP contribution is -2.03. The molecule has 4 heterocycles. The standard InChI is InChI=1S/C25H13ClN8O2/c1-15(35)17-6-7-20(29-14-17)24-32-30-22(34(24)21-5-3-2-4-19(21)26)8-9-23-31-33-25(36-23)16-10-11-28-18(12-16)13-27/h2-7,10-12,14H,1H3. The van der Waals surface area contributed by atoms with Crippen LogP contribution in [0, 0.1) is 23.2 Å². The quantitative estimate of drug-likeness (QED) is 0.270. The van der Waals surface area contributed by atoms with Crippen molar-refractivity contribution in [3.63, 3.8) is 0 Å². The van der Waals surface area contributed by atoms with Gasteiger partial charge in [-0.15, -0.1) is 15.3 Å². The first-order valence-corrected chi connectivity index (χ1v) is 10.8. The first kappa shape index (κ1) is 22.6. The summed E-state index contributed by atoms with van der Waals surface area (Å²) >= 11 is 6.47. The maximum Gasteiger partial charge on any atom is 0.294 e. The smallest absolute Gasteiger partial charge is 0.294 e. The second kappa shape index (κ2) is 9.58. The number of Topliss-reactive ketones (excluding diaryl/α,β-unsaturated/α-hetero) is 1. The first-order chi connectivity index (χ1) is 17.5. The first-order valence-electron chi connectivity index (χ1n) is 10.4. The second-order valence-electron chi connectivity index (χ2n) is 7.33. The molecule has 5 aromatic rings. The van der Waals surface area contributed by atoms with Crippen LogP contribution in [0.4, 0.5) is 0 Å². The Hall–Kier alpha value is -5.19. The molecule has 0 N–H and O–H groups in total. The number of carbonyl (C=O) groups excluding carboxylic acids is 1. The number of carbonyl (C=O) groups is 1. The number of aromatic nitrogens is 7. The Balaban J connectivity index is 1.56. The Morgan fingerprint density at radius 3 is 2.64 bits per heavy atom. The van der Waals surface area contributed by atoms with Crippen LogP contribution in [-0.4, -0.2) is 40.7 Å². The predicted octanol–water partition coefficient (Wildman–Crippen LogP) is 3.90. The van der Waals surface area contributed by atoms with E-state index in [0.29, 0.717) is 33.4 Å². The summed E-state index contributed by atoms with van der Waals surface area (Å²) in [6.45, 7) is 1.47. The van der Waals surface area contributed by atoms with Crippen molar-refractivity contribution in [3.05, 3.63) is 88.9 Å². The molecule has 0 aliphatic carbocycles. The number of hydrogen-bond donors (Lipinski definition) is 0. The van der Waals surface area contributed by atoms with Gasteiger partial charge >= 0.3 is 0 Å². The monoisotopic (exact) mass is 492 g/mol. The van der Waals surface area contributed by atoms with E-state index in [-0.39, 0.29) is 29.1 Å². The summed E-state index contributed by atoms with van der Waals surface area (Å²) in [5, 5.41) is 25.9. The highest BCUT2D eigenvalue weighted by Gasteiger charge is 2.18. The number of nitrogens with zero attached hydrogens (tertiary/aromatic N) is 8. The molecule has 0 aliphatic rings. The number of pyridine rings is 2. The van der Waals surface area contributed by atoms with Gasteiger partial charge in [0.05, 0.1) is 10.7 Å². The number of nitriles is 1. The molecular weight excluding hydrogens is 480 g/mol. The van der Waals surface area contributed by atoms with Gasteiger partial charge in [0.2, 0.25) is 11.7 Å². The lowest BCUT2D eigenvalue weighted by Gasteiger charge is -2.09. The van der Waals surface area contributed by atoms with Crippen LogP contribution in [0.3, 0.4) is 0 Å². The summed E-state index contributed by atoms with van der Waals surface area (Å²) in [6, 6.07) is 15.7. The van der Waals surface area contributed by atoms with Gasteiger partial charge in [0.15, 0.2) is 11.6 Å². The minimum absolute atomic E-state index is 0.0412. The molecule has 0 fully saturated rings. The largest absolute Gasteiger partial charge is 0.410 e. The van der Waals surface area contributed by atoms with E-state index in [4.69, 9.17) is 21.3 Å². The number of hydrogen-bond acceptors (Lipinski definition) is 9. The maximum absolute atomic E-state index is 11.6. The van der Waals surface area contributed by atoms with Crippen LogP contribution >= 0.6 is 11.6 Å². The third-order valence-electron chi connectivity index (χ3n) is 4.98. The van der Waals surface area contributed by atoms with Crippen molar-refractivity contribution in [2.75, 3.05) is 0 Å². The van der Waals surface area contributed by atoms with E-state index >= 15 is 0 Å². The summed E-state index contributed by atoms with van der Waals surface area (Å²) < 4.78 is 7.28. The fraction of sp³-hybridized carbons (Fsp3) is 0.0400. The number of para-hydroxylation sites is 1. The molecule has 0 saturated heterocycles. The molecule has 0 radical (unpaired) electrons. The van der Waals surface area contributed by atoms with Crippen LogP contribution in [-0.2, 0) is 0 Å². The molecule has 0 amide bonds. The van der Waals surface area contributed by atoms with Gasteiger partial charge in [0, 0.05) is 29.4 Å². The average molecular weight is 493 g/mol. The normalized spacial score (nSPS) is 10.4. The third kappa shape index (κ3) is 4.44. The molecule has 5 rings (SSSR count). The molecule has 0 unspecified atom stereocenters. The highest BCUT2D eigenvalue weighted by Crippen LogP contribution is 2.27. The lowest BCUT2D eigenvalue weighted by atomic mass is 10.2. The maximum atomic E-state index is 11.6. The van der Waals surface area contributed by atoms with Crippen molar-refractivity contribution in [1.29, 1.82) is 5.26 Å². The van der Waals surface area contributed by atoms with Crippen LogP contribution in [0.2, 0.25) is 5.02 Å². The van der Waals surface area contributed by atoms with Gasteiger partial charge in [-0.25, -0.2) is 4.98 Å². The van der Waals surface area contributed by atoms with Gasteiger partial charge in [-0.3, -0.25) is 14.3 Å². The molecule has 36 heavy (non-hydrogen) atoms. The number of halogens is 1. The van der Waals surface area contributed by atoms with Crippen LogP contribution < -0.4 is 0 Å². The summed E-state index contributed by atoms with van der Waals surface area (Å²) in [5.74, 6) is 6.48. The fourth-order valence-electron chi connectivity index (χ4n) is 3.25. The summed E-state index contributed by atoms with van der Waals surface area (Å²) in [4.78, 5) is 19.9. The van der Waals surface area contributed by atoms with Crippen molar-refractivity contribution in [2.24, 2.45) is 0 Å². The fourth-order valence-corrected chi connectivity index (χ4v) is 3.47. The van der Waals surface area contributed by atoms with Crippen LogP contribution in [0.15, 0.2) is 65.3 Å². The van der Waals surface area contributed by atoms with E-state index < -0.39 is 0 Å². The topological polar surface area (TPSA) is 136 Å². The average Bonchev–Trinajstić information content (AvgIpc) is 3.55. The van der Waals surface area contributed by atoms with Crippen molar-refractivity contribution in [1.82, 2.24) is 34.9 Å². The zero-order valence-corrected chi connectivity index (χ0v) is 19.3. The Bertz CT molecular complexity index is 1700. The van der Waals surface area contributed by atoms with Crippen molar-refractivity contribution in [3.8, 4) is 46.6 Å². The van der Waals surface area contributed by atoms with Crippen LogP contribution in [0.5, 0.6) is 0 Å². The molecule has 0 atom stereocenters. The Morgan fingerprint density at radius 2 is 1.89 bits per heavy atom. The predicted molar refractivity (Wildman–Crippen MR) is 128 cm³/mol. The van der Waals surface area contributed by atoms with E-state index in [1.807, 2.05) is 12.1 Å². The minimum atomic E-state index is -0.0947. The van der Waals surface area contributed by atoms with Gasteiger partial charge in [0.25, 0.3) is 5.89 Å². The summed E-state index contributed by atoms with van der Waals surface area (Å²) in [5.41, 5.74) is 2.32. The number of benzene rings is 1. The molecule has 10 nitrogen and oxygen atoms in total. The highest BCUT2D eigenvalue weighted by molar-refractivity contribution is 6.32. The van der Waals surface area contributed by atoms with Crippen molar-refractivity contribution >= 4 is 17.4 Å². The third-order valence-corrected chi connectivity index (χ3v) is 5.30. The molecule has 0 spiro atoms. The summed E-state index contributed by atoms with van der Waals surface area (Å²) in [6.07, 6.45) is 2.96. The molecule has 0 bridgehead atoms. The SMILES string of the molecule is CC(=O)c1ccc(-c2nnc(C#Cc3nnc(-c4ccnc(C#N)c4)o3)n2-c2ccccc2Cl)nc1. The molecule has 11 heteroatoms. The van der Waals surface area contributed by atoms with Crippen molar-refractivity contribution in [2.45, 2.75) is 6.92 Å². The van der Waals surface area contributed by atoms with E-state index in [1.165, 1.54) is 25.4 Å². The van der Waals surface area contributed by atoms with Crippen molar-refractivity contribution < 1.29 is 9.21 Å². The number of ketones is 1. The highest BCUT2D eigenvalue weighted by atomic mass is 35.5. The molecule has 0 saturated carbocycles. The zero-order valence-electron chi connectivity index (χ0n) is 18.5. The molecule has 1 aromatic carbocycles. The van der Waals surface area contributed by atoms with Crippen LogP contribution in [0.25, 0.3) is 28.7 Å². The van der Waals surface area contributed by atoms with E-state index in [0.717, 1.165) is 0 Å². The Kier molecular flexibility index (Phi) is 6.02. The minimum Gasteiger partial charge on any atom is -0.410 e. The lowest BCUT2D eigenvalue weighted by molar-refractivity contribution is 0.101. The molecule has 172 valence electrons. The van der Waals surface area contributed by atoms with Gasteiger partial charge in [-0.2, -0.15) is 5.26 Å². The van der Waals surface area contributed by atoms with Gasteiger partial charge < -0.3 is 4.42 Å². The zero-order chi connectivity index (χ0) is 25.1. The van der Waals surface area contributed by atoms with E-state index in [9.17, 15) is 4.79 Å². The van der Waals surface area contributed by atoms with Gasteiger partial charge in [-0.1, -0.05) is 28.8 Å².